The minimum absolute atomic E-state index is 0.229. The molecular formula is C18H17NO4. The number of hydrogen-bond acceptors (Lipinski definition) is 4. The molecule has 0 saturated carbocycles. The summed E-state index contributed by atoms with van der Waals surface area (Å²) in [5.74, 6) is -0.139. The Morgan fingerprint density at radius 1 is 1.13 bits per heavy atom. The van der Waals surface area contributed by atoms with Crippen molar-refractivity contribution in [1.82, 2.24) is 4.90 Å². The van der Waals surface area contributed by atoms with Crippen LogP contribution >= 0.6 is 0 Å². The molecule has 2 aliphatic rings. The molecular weight excluding hydrogens is 294 g/mol. The van der Waals surface area contributed by atoms with E-state index in [1.807, 2.05) is 24.3 Å². The van der Waals surface area contributed by atoms with Crippen LogP contribution in [0.5, 0.6) is 0 Å². The average Bonchev–Trinajstić information content (AvgIpc) is 3.12. The molecule has 0 spiro atoms. The quantitative estimate of drug-likeness (QED) is 0.818. The molecule has 3 heterocycles. The Balaban J connectivity index is 1.60. The zero-order chi connectivity index (χ0) is 15.8. The van der Waals surface area contributed by atoms with Crippen LogP contribution in [0.4, 0.5) is 0 Å². The summed E-state index contributed by atoms with van der Waals surface area (Å²) in [6.45, 7) is 1.87. The topological polar surface area (TPSA) is 59.8 Å². The van der Waals surface area contributed by atoms with Crippen LogP contribution in [-0.2, 0) is 14.3 Å². The third kappa shape index (κ3) is 2.47. The summed E-state index contributed by atoms with van der Waals surface area (Å²) in [4.78, 5) is 26.3. The van der Waals surface area contributed by atoms with Crippen molar-refractivity contribution in [2.45, 2.75) is 12.8 Å². The first kappa shape index (κ1) is 14.2. The van der Waals surface area contributed by atoms with Crippen molar-refractivity contribution in [3.05, 3.63) is 42.2 Å². The van der Waals surface area contributed by atoms with Crippen molar-refractivity contribution in [2.24, 2.45) is 5.92 Å². The number of benzene rings is 1. The van der Waals surface area contributed by atoms with E-state index in [4.69, 9.17) is 9.15 Å². The van der Waals surface area contributed by atoms with E-state index in [1.165, 1.54) is 11.0 Å². The van der Waals surface area contributed by atoms with Gasteiger partial charge in [0.15, 0.2) is 0 Å². The molecule has 2 aromatic rings. The number of furan rings is 1. The molecule has 5 nitrogen and oxygen atoms in total. The molecule has 4 rings (SSSR count). The third-order valence-electron chi connectivity index (χ3n) is 4.56. The molecule has 0 radical (unpaired) electrons. The summed E-state index contributed by atoms with van der Waals surface area (Å²) < 4.78 is 10.8. The molecule has 0 unspecified atom stereocenters. The maximum Gasteiger partial charge on any atom is 0.261 e. The summed E-state index contributed by atoms with van der Waals surface area (Å²) in [6.07, 6.45) is 4.76. The standard InChI is InChI=1S/C18H17NO4/c20-17-9-14(15-11-23-16-4-2-1-3-13(15)16)18(21)19(17)10-12-5-7-22-8-6-12/h1-4,9,11-12H,5-8,10H2. The zero-order valence-electron chi connectivity index (χ0n) is 12.7. The number of para-hydroxylation sites is 1. The van der Waals surface area contributed by atoms with Gasteiger partial charge in [0.25, 0.3) is 11.8 Å². The van der Waals surface area contributed by atoms with E-state index in [9.17, 15) is 9.59 Å². The van der Waals surface area contributed by atoms with E-state index in [0.29, 0.717) is 42.4 Å². The summed E-state index contributed by atoms with van der Waals surface area (Å²) in [6, 6.07) is 7.51. The zero-order valence-corrected chi connectivity index (χ0v) is 12.7. The Labute approximate surface area is 133 Å². The molecule has 1 saturated heterocycles. The van der Waals surface area contributed by atoms with Gasteiger partial charge in [-0.15, -0.1) is 0 Å². The molecule has 1 fully saturated rings. The smallest absolute Gasteiger partial charge is 0.261 e. The number of carbonyl (C=O) groups excluding carboxylic acids is 2. The normalized spacial score (nSPS) is 19.7. The number of carbonyl (C=O) groups is 2. The van der Waals surface area contributed by atoms with Crippen LogP contribution in [0.25, 0.3) is 16.5 Å². The Hall–Kier alpha value is -2.40. The summed E-state index contributed by atoms with van der Waals surface area (Å²) in [7, 11) is 0. The fraction of sp³-hybridized carbons (Fsp3) is 0.333. The lowest BCUT2D eigenvalue weighted by molar-refractivity contribution is -0.137. The maximum absolute atomic E-state index is 12.7. The highest BCUT2D eigenvalue weighted by atomic mass is 16.5. The predicted octanol–water partition coefficient (Wildman–Crippen LogP) is 2.61. The number of fused-ring (bicyclic) bond motifs is 1. The van der Waals surface area contributed by atoms with Gasteiger partial charge in [-0.25, -0.2) is 0 Å². The molecule has 0 aliphatic carbocycles. The predicted molar refractivity (Wildman–Crippen MR) is 84.5 cm³/mol. The molecule has 1 aromatic heterocycles. The van der Waals surface area contributed by atoms with Gasteiger partial charge in [0.05, 0.1) is 11.8 Å². The summed E-state index contributed by atoms with van der Waals surface area (Å²) in [5, 5.41) is 0.854. The van der Waals surface area contributed by atoms with Gasteiger partial charge in [-0.2, -0.15) is 0 Å². The minimum Gasteiger partial charge on any atom is -0.464 e. The molecule has 2 amide bonds. The van der Waals surface area contributed by atoms with Crippen LogP contribution in [0.3, 0.4) is 0 Å². The lowest BCUT2D eigenvalue weighted by Crippen LogP contribution is -2.37. The fourth-order valence-corrected chi connectivity index (χ4v) is 3.25. The molecule has 118 valence electrons. The lowest BCUT2D eigenvalue weighted by atomic mass is 9.99. The van der Waals surface area contributed by atoms with E-state index in [2.05, 4.69) is 0 Å². The summed E-state index contributed by atoms with van der Waals surface area (Å²) in [5.41, 5.74) is 1.83. The van der Waals surface area contributed by atoms with Gasteiger partial charge in [-0.3, -0.25) is 14.5 Å². The second kappa shape index (κ2) is 5.66. The van der Waals surface area contributed by atoms with Crippen LogP contribution in [0, 0.1) is 5.92 Å². The first-order valence-electron chi connectivity index (χ1n) is 7.86. The van der Waals surface area contributed by atoms with Crippen molar-refractivity contribution >= 4 is 28.4 Å². The van der Waals surface area contributed by atoms with E-state index in [0.717, 1.165) is 18.2 Å². The highest BCUT2D eigenvalue weighted by molar-refractivity contribution is 6.34. The van der Waals surface area contributed by atoms with Crippen LogP contribution in [0.1, 0.15) is 18.4 Å². The molecule has 1 aromatic carbocycles. The van der Waals surface area contributed by atoms with E-state index in [-0.39, 0.29) is 11.8 Å². The van der Waals surface area contributed by atoms with Crippen molar-refractivity contribution in [3.63, 3.8) is 0 Å². The Morgan fingerprint density at radius 3 is 2.74 bits per heavy atom. The van der Waals surface area contributed by atoms with Gasteiger partial charge < -0.3 is 9.15 Å². The molecule has 23 heavy (non-hydrogen) atoms. The number of hydrogen-bond donors (Lipinski definition) is 0. The second-order valence-electron chi connectivity index (χ2n) is 6.01. The van der Waals surface area contributed by atoms with Crippen molar-refractivity contribution in [1.29, 1.82) is 0 Å². The van der Waals surface area contributed by atoms with E-state index in [1.54, 1.807) is 6.26 Å². The lowest BCUT2D eigenvalue weighted by Gasteiger charge is -2.26. The molecule has 0 bridgehead atoms. The number of amides is 2. The average molecular weight is 311 g/mol. The van der Waals surface area contributed by atoms with Gasteiger partial charge >= 0.3 is 0 Å². The van der Waals surface area contributed by atoms with Crippen molar-refractivity contribution in [2.75, 3.05) is 19.8 Å². The van der Waals surface area contributed by atoms with E-state index >= 15 is 0 Å². The van der Waals surface area contributed by atoms with Gasteiger partial charge in [0.1, 0.15) is 5.58 Å². The SMILES string of the molecule is O=C1C=C(c2coc3ccccc23)C(=O)N1CC1CCOCC1. The number of imide groups is 1. The Bertz CT molecular complexity index is 798. The highest BCUT2D eigenvalue weighted by Crippen LogP contribution is 2.32. The Morgan fingerprint density at radius 2 is 1.91 bits per heavy atom. The summed E-state index contributed by atoms with van der Waals surface area (Å²) >= 11 is 0. The monoisotopic (exact) mass is 311 g/mol. The largest absolute Gasteiger partial charge is 0.464 e. The van der Waals surface area contributed by atoms with Crippen molar-refractivity contribution in [3.8, 4) is 0 Å². The van der Waals surface area contributed by atoms with Crippen LogP contribution in [0.15, 0.2) is 41.0 Å². The molecule has 5 heteroatoms. The van der Waals surface area contributed by atoms with Crippen LogP contribution < -0.4 is 0 Å². The number of nitrogens with zero attached hydrogens (tertiary/aromatic N) is 1. The number of rotatable bonds is 3. The first-order chi connectivity index (χ1) is 11.2. The second-order valence-corrected chi connectivity index (χ2v) is 6.01. The van der Waals surface area contributed by atoms with E-state index < -0.39 is 0 Å². The van der Waals surface area contributed by atoms with Gasteiger partial charge in [-0.1, -0.05) is 18.2 Å². The van der Waals surface area contributed by atoms with Crippen LogP contribution in [0.2, 0.25) is 0 Å². The van der Waals surface area contributed by atoms with Crippen molar-refractivity contribution < 1.29 is 18.7 Å². The third-order valence-corrected chi connectivity index (χ3v) is 4.56. The minimum atomic E-state index is -0.234. The maximum atomic E-state index is 12.7. The molecule has 0 N–H and O–H groups in total. The molecule has 0 atom stereocenters. The first-order valence-corrected chi connectivity index (χ1v) is 7.86. The van der Waals surface area contributed by atoms with Gasteiger partial charge in [0, 0.05) is 36.8 Å². The molecule has 2 aliphatic heterocycles. The fourth-order valence-electron chi connectivity index (χ4n) is 3.25. The highest BCUT2D eigenvalue weighted by Gasteiger charge is 2.34. The Kier molecular flexibility index (Phi) is 3.50. The van der Waals surface area contributed by atoms with Crippen LogP contribution in [-0.4, -0.2) is 36.5 Å². The van der Waals surface area contributed by atoms with Gasteiger partial charge in [-0.05, 0) is 24.8 Å². The van der Waals surface area contributed by atoms with Gasteiger partial charge in [0.2, 0.25) is 0 Å². The number of ether oxygens (including phenoxy) is 1.